The molecule has 0 aliphatic heterocycles. The third-order valence-electron chi connectivity index (χ3n) is 3.56. The topological polar surface area (TPSA) is 87.8 Å². The van der Waals surface area contributed by atoms with Crippen LogP contribution in [0.15, 0.2) is 58.5 Å². The van der Waals surface area contributed by atoms with Gasteiger partial charge in [-0.25, -0.2) is 13.6 Å². The van der Waals surface area contributed by atoms with Crippen molar-refractivity contribution >= 4 is 50.8 Å². The number of primary sulfonamides is 1. The van der Waals surface area contributed by atoms with Crippen LogP contribution in [0.3, 0.4) is 0 Å². The summed E-state index contributed by atoms with van der Waals surface area (Å²) >= 11 is 11.6. The Morgan fingerprint density at radius 2 is 1.58 bits per heavy atom. The predicted octanol–water partition coefficient (Wildman–Crippen LogP) is 3.06. The van der Waals surface area contributed by atoms with Crippen LogP contribution in [0, 0.1) is 0 Å². The lowest BCUT2D eigenvalue weighted by Gasteiger charge is -2.22. The van der Waals surface area contributed by atoms with Crippen LogP contribution >= 0.6 is 23.2 Å². The van der Waals surface area contributed by atoms with Crippen LogP contribution in [0.4, 0.5) is 11.4 Å². The minimum Gasteiger partial charge on any atom is -0.369 e. The molecule has 0 heterocycles. The molecular formula is C17H20Cl2N4O2S. The highest BCUT2D eigenvalue weighted by Gasteiger charge is 2.06. The maximum atomic E-state index is 11.2. The van der Waals surface area contributed by atoms with Crippen molar-refractivity contribution in [2.24, 2.45) is 10.2 Å². The zero-order valence-corrected chi connectivity index (χ0v) is 16.3. The first kappa shape index (κ1) is 20.5. The Labute approximate surface area is 163 Å². The highest BCUT2D eigenvalue weighted by molar-refractivity contribution is 7.89. The number of hydrogen-bond donors (Lipinski definition) is 2. The molecule has 0 saturated heterocycles. The van der Waals surface area contributed by atoms with E-state index in [4.69, 9.17) is 28.3 Å². The van der Waals surface area contributed by atoms with E-state index >= 15 is 0 Å². The fourth-order valence-electron chi connectivity index (χ4n) is 2.25. The van der Waals surface area contributed by atoms with Gasteiger partial charge in [0.2, 0.25) is 10.0 Å². The number of hydrazone groups is 1. The number of rotatable bonds is 9. The molecule has 0 saturated carbocycles. The van der Waals surface area contributed by atoms with Gasteiger partial charge in [-0.3, -0.25) is 5.43 Å². The molecule has 26 heavy (non-hydrogen) atoms. The Balaban J connectivity index is 1.98. The average molecular weight is 415 g/mol. The lowest BCUT2D eigenvalue weighted by molar-refractivity contribution is 0.598. The van der Waals surface area contributed by atoms with E-state index in [2.05, 4.69) is 15.4 Å². The van der Waals surface area contributed by atoms with E-state index in [1.54, 1.807) is 18.3 Å². The van der Waals surface area contributed by atoms with Crippen LogP contribution < -0.4 is 15.5 Å². The number of nitrogens with two attached hydrogens (primary N) is 1. The number of anilines is 2. The third-order valence-corrected chi connectivity index (χ3v) is 4.82. The van der Waals surface area contributed by atoms with Crippen LogP contribution in [0.2, 0.25) is 0 Å². The monoisotopic (exact) mass is 414 g/mol. The smallest absolute Gasteiger partial charge is 0.238 e. The summed E-state index contributed by atoms with van der Waals surface area (Å²) in [4.78, 5) is 2.17. The first-order valence-corrected chi connectivity index (χ1v) is 10.4. The molecule has 0 fully saturated rings. The van der Waals surface area contributed by atoms with E-state index in [1.165, 1.54) is 12.1 Å². The summed E-state index contributed by atoms with van der Waals surface area (Å²) in [5.41, 5.74) is 5.46. The Hall–Kier alpha value is -1.80. The minimum absolute atomic E-state index is 0.0565. The normalized spacial score (nSPS) is 11.7. The Morgan fingerprint density at radius 3 is 2.08 bits per heavy atom. The van der Waals surface area contributed by atoms with Crippen LogP contribution in [0.1, 0.15) is 5.56 Å². The van der Waals surface area contributed by atoms with Gasteiger partial charge in [0.1, 0.15) is 0 Å². The number of nitrogens with one attached hydrogen (secondary N) is 1. The average Bonchev–Trinajstić information content (AvgIpc) is 2.62. The van der Waals surface area contributed by atoms with Gasteiger partial charge in [0.25, 0.3) is 0 Å². The quantitative estimate of drug-likeness (QED) is 0.374. The van der Waals surface area contributed by atoms with Crippen LogP contribution in [0.5, 0.6) is 0 Å². The summed E-state index contributed by atoms with van der Waals surface area (Å²) < 4.78 is 22.4. The number of alkyl halides is 2. The molecule has 0 aliphatic carbocycles. The molecular weight excluding hydrogens is 395 g/mol. The summed E-state index contributed by atoms with van der Waals surface area (Å²) in [6.45, 7) is 1.47. The van der Waals surface area contributed by atoms with Crippen molar-refractivity contribution in [3.05, 3.63) is 54.1 Å². The van der Waals surface area contributed by atoms with Gasteiger partial charge in [-0.2, -0.15) is 5.10 Å². The molecule has 9 heteroatoms. The van der Waals surface area contributed by atoms with E-state index in [-0.39, 0.29) is 4.90 Å². The van der Waals surface area contributed by atoms with E-state index in [9.17, 15) is 8.42 Å². The van der Waals surface area contributed by atoms with Crippen molar-refractivity contribution in [1.29, 1.82) is 0 Å². The molecule has 0 aromatic heterocycles. The van der Waals surface area contributed by atoms with Crippen molar-refractivity contribution in [2.75, 3.05) is 35.2 Å². The molecule has 0 bridgehead atoms. The van der Waals surface area contributed by atoms with Gasteiger partial charge in [-0.15, -0.1) is 23.2 Å². The number of nitrogens with zero attached hydrogens (tertiary/aromatic N) is 2. The van der Waals surface area contributed by atoms with E-state index in [0.717, 1.165) is 24.3 Å². The summed E-state index contributed by atoms with van der Waals surface area (Å²) in [6, 6.07) is 13.9. The molecule has 0 radical (unpaired) electrons. The van der Waals surface area contributed by atoms with E-state index in [1.807, 2.05) is 24.3 Å². The Bertz CT molecular complexity index is 819. The van der Waals surface area contributed by atoms with Gasteiger partial charge in [0.05, 0.1) is 16.8 Å². The van der Waals surface area contributed by atoms with Crippen molar-refractivity contribution in [2.45, 2.75) is 4.90 Å². The first-order chi connectivity index (χ1) is 12.4. The Morgan fingerprint density at radius 1 is 1.00 bits per heavy atom. The highest BCUT2D eigenvalue weighted by Crippen LogP contribution is 2.15. The van der Waals surface area contributed by atoms with Gasteiger partial charge < -0.3 is 4.90 Å². The Kier molecular flexibility index (Phi) is 7.71. The maximum Gasteiger partial charge on any atom is 0.238 e. The van der Waals surface area contributed by atoms with Gasteiger partial charge in [0, 0.05) is 30.5 Å². The summed E-state index contributed by atoms with van der Waals surface area (Å²) in [7, 11) is -3.69. The molecule has 0 unspecified atom stereocenters. The van der Waals surface area contributed by atoms with E-state index in [0.29, 0.717) is 17.4 Å². The second-order valence-corrected chi connectivity index (χ2v) is 7.71. The van der Waals surface area contributed by atoms with Crippen LogP contribution in [-0.2, 0) is 10.0 Å². The van der Waals surface area contributed by atoms with Gasteiger partial charge in [-0.05, 0) is 42.0 Å². The van der Waals surface area contributed by atoms with Crippen LogP contribution in [0.25, 0.3) is 0 Å². The number of benzene rings is 2. The van der Waals surface area contributed by atoms with E-state index < -0.39 is 10.0 Å². The highest BCUT2D eigenvalue weighted by atomic mass is 35.5. The predicted molar refractivity (Wildman–Crippen MR) is 109 cm³/mol. The number of hydrogen-bond acceptors (Lipinski definition) is 5. The third kappa shape index (κ3) is 6.17. The van der Waals surface area contributed by atoms with Gasteiger partial charge in [-0.1, -0.05) is 12.1 Å². The molecule has 2 rings (SSSR count). The van der Waals surface area contributed by atoms with Crippen molar-refractivity contribution < 1.29 is 8.42 Å². The zero-order chi connectivity index (χ0) is 19.0. The molecule has 0 amide bonds. The standard InChI is InChI=1S/C17H20Cl2N4O2S/c18-9-11-23(12-10-19)16-5-1-14(2-6-16)13-21-22-15-3-7-17(8-4-15)26(20,24)25/h1-8,13,22H,9-12H2,(H2,20,24,25). The summed E-state index contributed by atoms with van der Waals surface area (Å²) in [5.74, 6) is 1.07. The molecule has 0 aliphatic rings. The van der Waals surface area contributed by atoms with Crippen molar-refractivity contribution in [3.63, 3.8) is 0 Å². The molecule has 140 valence electrons. The summed E-state index contributed by atoms with van der Waals surface area (Å²) in [6.07, 6.45) is 1.67. The maximum absolute atomic E-state index is 11.2. The lowest BCUT2D eigenvalue weighted by Crippen LogP contribution is -2.27. The van der Waals surface area contributed by atoms with Crippen molar-refractivity contribution in [3.8, 4) is 0 Å². The fraction of sp³-hybridized carbons (Fsp3) is 0.235. The minimum atomic E-state index is -3.69. The van der Waals surface area contributed by atoms with Crippen molar-refractivity contribution in [1.82, 2.24) is 0 Å². The SMILES string of the molecule is NS(=O)(=O)c1ccc(NN=Cc2ccc(N(CCCl)CCCl)cc2)cc1. The van der Waals surface area contributed by atoms with Gasteiger partial charge in [0.15, 0.2) is 0 Å². The fourth-order valence-corrected chi connectivity index (χ4v) is 3.17. The first-order valence-electron chi connectivity index (χ1n) is 7.83. The van der Waals surface area contributed by atoms with Gasteiger partial charge >= 0.3 is 0 Å². The zero-order valence-electron chi connectivity index (χ0n) is 14.0. The largest absolute Gasteiger partial charge is 0.369 e. The molecule has 0 atom stereocenters. The second kappa shape index (κ2) is 9.78. The second-order valence-electron chi connectivity index (χ2n) is 5.40. The number of halogens is 2. The molecule has 0 spiro atoms. The molecule has 6 nitrogen and oxygen atoms in total. The molecule has 2 aromatic rings. The summed E-state index contributed by atoms with van der Waals surface area (Å²) in [5, 5.41) is 9.20. The molecule has 3 N–H and O–H groups in total. The molecule has 2 aromatic carbocycles. The lowest BCUT2D eigenvalue weighted by atomic mass is 10.2. The number of sulfonamides is 1. The van der Waals surface area contributed by atoms with Crippen LogP contribution in [-0.4, -0.2) is 39.5 Å².